The molecule has 0 aliphatic heterocycles. The lowest BCUT2D eigenvalue weighted by Gasteiger charge is -2.20. The number of amides is 1. The molecule has 0 aromatic carbocycles. The van der Waals surface area contributed by atoms with E-state index in [1.807, 2.05) is 24.3 Å². The van der Waals surface area contributed by atoms with Crippen molar-refractivity contribution in [1.82, 2.24) is 10.2 Å². The number of rotatable bonds is 10. The summed E-state index contributed by atoms with van der Waals surface area (Å²) < 4.78 is 10.8. The van der Waals surface area contributed by atoms with Crippen LogP contribution in [-0.4, -0.2) is 23.9 Å². The highest BCUT2D eigenvalue weighted by atomic mass is 16.3. The Labute approximate surface area is 130 Å². The molecule has 118 valence electrons. The van der Waals surface area contributed by atoms with Crippen LogP contribution in [0.1, 0.15) is 24.4 Å². The van der Waals surface area contributed by atoms with Gasteiger partial charge in [-0.15, -0.1) is 0 Å². The fourth-order valence-electron chi connectivity index (χ4n) is 2.20. The number of nitrogens with one attached hydrogen (secondary N) is 1. The molecule has 0 saturated carbocycles. The molecule has 0 aliphatic rings. The summed E-state index contributed by atoms with van der Waals surface area (Å²) in [4.78, 5) is 13.3. The molecular formula is C17H22N2O3. The van der Waals surface area contributed by atoms with Crippen LogP contribution in [0.4, 0.5) is 0 Å². The topological polar surface area (TPSA) is 58.6 Å². The molecule has 2 heterocycles. The number of carbonyl (C=O) groups excluding carboxylic acids is 1. The van der Waals surface area contributed by atoms with E-state index in [4.69, 9.17) is 8.83 Å². The molecule has 1 N–H and O–H groups in total. The summed E-state index contributed by atoms with van der Waals surface area (Å²) in [7, 11) is 0. The van der Waals surface area contributed by atoms with Gasteiger partial charge in [-0.25, -0.2) is 0 Å². The summed E-state index contributed by atoms with van der Waals surface area (Å²) in [5.74, 6) is 1.75. The number of carbonyl (C=O) groups is 1. The third-order valence-corrected chi connectivity index (χ3v) is 3.30. The zero-order valence-electron chi connectivity index (χ0n) is 12.7. The van der Waals surface area contributed by atoms with Crippen LogP contribution in [0.25, 0.3) is 0 Å². The van der Waals surface area contributed by atoms with Gasteiger partial charge in [-0.2, -0.15) is 0 Å². The van der Waals surface area contributed by atoms with Gasteiger partial charge in [0.2, 0.25) is 5.91 Å². The van der Waals surface area contributed by atoms with Crippen molar-refractivity contribution in [3.8, 4) is 0 Å². The van der Waals surface area contributed by atoms with Gasteiger partial charge in [-0.3, -0.25) is 9.69 Å². The minimum atomic E-state index is -0.122. The average molecular weight is 302 g/mol. The van der Waals surface area contributed by atoms with Crippen LogP contribution in [0, 0.1) is 0 Å². The highest BCUT2D eigenvalue weighted by Crippen LogP contribution is 2.12. The average Bonchev–Trinajstić information content (AvgIpc) is 3.20. The van der Waals surface area contributed by atoms with Crippen molar-refractivity contribution in [3.63, 3.8) is 0 Å². The molecular weight excluding hydrogens is 280 g/mol. The maximum atomic E-state index is 11.1. The lowest BCUT2D eigenvalue weighted by molar-refractivity contribution is -0.116. The van der Waals surface area contributed by atoms with Gasteiger partial charge < -0.3 is 14.2 Å². The van der Waals surface area contributed by atoms with E-state index >= 15 is 0 Å². The Kier molecular flexibility index (Phi) is 6.51. The molecule has 0 unspecified atom stereocenters. The third kappa shape index (κ3) is 5.61. The molecule has 2 aromatic rings. The molecule has 0 bridgehead atoms. The zero-order valence-corrected chi connectivity index (χ0v) is 12.7. The van der Waals surface area contributed by atoms with Crippen molar-refractivity contribution < 1.29 is 13.6 Å². The summed E-state index contributed by atoms with van der Waals surface area (Å²) >= 11 is 0. The number of furan rings is 2. The Morgan fingerprint density at radius 1 is 1.14 bits per heavy atom. The lowest BCUT2D eigenvalue weighted by Crippen LogP contribution is -2.26. The number of hydrogen-bond donors (Lipinski definition) is 1. The molecule has 0 atom stereocenters. The van der Waals surface area contributed by atoms with E-state index in [0.717, 1.165) is 44.0 Å². The SMILES string of the molecule is C=CC(=O)NCCCCN(Cc1ccco1)Cc1ccco1. The van der Waals surface area contributed by atoms with E-state index in [1.165, 1.54) is 6.08 Å². The first-order chi connectivity index (χ1) is 10.8. The number of hydrogen-bond acceptors (Lipinski definition) is 4. The molecule has 2 rings (SSSR count). The molecule has 2 aromatic heterocycles. The van der Waals surface area contributed by atoms with Crippen LogP contribution in [0.2, 0.25) is 0 Å². The molecule has 0 aliphatic carbocycles. The van der Waals surface area contributed by atoms with E-state index in [-0.39, 0.29) is 5.91 Å². The summed E-state index contributed by atoms with van der Waals surface area (Å²) in [6.45, 7) is 6.49. The van der Waals surface area contributed by atoms with Crippen molar-refractivity contribution in [1.29, 1.82) is 0 Å². The second-order valence-electron chi connectivity index (χ2n) is 5.07. The number of unbranched alkanes of at least 4 members (excludes halogenated alkanes) is 1. The molecule has 0 radical (unpaired) electrons. The highest BCUT2D eigenvalue weighted by molar-refractivity contribution is 5.86. The van der Waals surface area contributed by atoms with Gasteiger partial charge in [0.15, 0.2) is 0 Å². The Bertz CT molecular complexity index is 510. The van der Waals surface area contributed by atoms with Gasteiger partial charge >= 0.3 is 0 Å². The van der Waals surface area contributed by atoms with E-state index < -0.39 is 0 Å². The molecule has 0 fully saturated rings. The van der Waals surface area contributed by atoms with E-state index in [0.29, 0.717) is 6.54 Å². The second-order valence-corrected chi connectivity index (χ2v) is 5.07. The van der Waals surface area contributed by atoms with Crippen LogP contribution in [-0.2, 0) is 17.9 Å². The van der Waals surface area contributed by atoms with Gasteiger partial charge in [0.1, 0.15) is 11.5 Å². The summed E-state index contributed by atoms with van der Waals surface area (Å²) in [6, 6.07) is 7.73. The number of nitrogens with zero attached hydrogens (tertiary/aromatic N) is 1. The molecule has 5 nitrogen and oxygen atoms in total. The monoisotopic (exact) mass is 302 g/mol. The van der Waals surface area contributed by atoms with Crippen LogP contribution < -0.4 is 5.32 Å². The largest absolute Gasteiger partial charge is 0.468 e. The molecule has 0 saturated heterocycles. The maximum absolute atomic E-state index is 11.1. The summed E-state index contributed by atoms with van der Waals surface area (Å²) in [6.07, 6.45) is 6.57. The van der Waals surface area contributed by atoms with Crippen LogP contribution >= 0.6 is 0 Å². The van der Waals surface area contributed by atoms with E-state index in [9.17, 15) is 4.79 Å². The second kappa shape index (κ2) is 8.89. The molecule has 5 heteroatoms. The predicted molar refractivity (Wildman–Crippen MR) is 84.0 cm³/mol. The van der Waals surface area contributed by atoms with Gasteiger partial charge in [0.25, 0.3) is 0 Å². The van der Waals surface area contributed by atoms with Gasteiger partial charge in [-0.05, 0) is 49.7 Å². The lowest BCUT2D eigenvalue weighted by atomic mass is 10.2. The van der Waals surface area contributed by atoms with Crippen molar-refractivity contribution >= 4 is 5.91 Å². The normalized spacial score (nSPS) is 10.8. The summed E-state index contributed by atoms with van der Waals surface area (Å²) in [5.41, 5.74) is 0. The standard InChI is InChI=1S/C17H22N2O3/c1-2-17(20)18-9-3-4-10-19(13-15-7-5-11-21-15)14-16-8-6-12-22-16/h2,5-8,11-12H,1,3-4,9-10,13-14H2,(H,18,20). The van der Waals surface area contributed by atoms with Gasteiger partial charge in [-0.1, -0.05) is 6.58 Å². The molecule has 22 heavy (non-hydrogen) atoms. The van der Waals surface area contributed by atoms with E-state index in [1.54, 1.807) is 12.5 Å². The Morgan fingerprint density at radius 3 is 2.27 bits per heavy atom. The first kappa shape index (κ1) is 16.1. The fourth-order valence-corrected chi connectivity index (χ4v) is 2.20. The smallest absolute Gasteiger partial charge is 0.243 e. The Morgan fingerprint density at radius 2 is 1.77 bits per heavy atom. The van der Waals surface area contributed by atoms with Gasteiger partial charge in [0, 0.05) is 6.54 Å². The maximum Gasteiger partial charge on any atom is 0.243 e. The Balaban J connectivity index is 1.77. The third-order valence-electron chi connectivity index (χ3n) is 3.30. The van der Waals surface area contributed by atoms with Crippen molar-refractivity contribution in [2.75, 3.05) is 13.1 Å². The predicted octanol–water partition coefficient (Wildman–Crippen LogP) is 2.96. The van der Waals surface area contributed by atoms with Crippen molar-refractivity contribution in [3.05, 3.63) is 61.0 Å². The molecule has 1 amide bonds. The van der Waals surface area contributed by atoms with Crippen LogP contribution in [0.3, 0.4) is 0 Å². The highest BCUT2D eigenvalue weighted by Gasteiger charge is 2.10. The van der Waals surface area contributed by atoms with E-state index in [2.05, 4.69) is 16.8 Å². The Hall–Kier alpha value is -2.27. The van der Waals surface area contributed by atoms with Crippen molar-refractivity contribution in [2.45, 2.75) is 25.9 Å². The van der Waals surface area contributed by atoms with Gasteiger partial charge in [0.05, 0.1) is 25.6 Å². The summed E-state index contributed by atoms with van der Waals surface area (Å²) in [5, 5.41) is 2.78. The minimum Gasteiger partial charge on any atom is -0.468 e. The quantitative estimate of drug-likeness (QED) is 0.541. The molecule has 0 spiro atoms. The minimum absolute atomic E-state index is 0.122. The van der Waals surface area contributed by atoms with Crippen LogP contribution in [0.15, 0.2) is 58.3 Å². The first-order valence-corrected chi connectivity index (χ1v) is 7.45. The van der Waals surface area contributed by atoms with Crippen LogP contribution in [0.5, 0.6) is 0 Å². The fraction of sp³-hybridized carbons (Fsp3) is 0.353. The zero-order chi connectivity index (χ0) is 15.6. The van der Waals surface area contributed by atoms with Crippen molar-refractivity contribution in [2.24, 2.45) is 0 Å². The first-order valence-electron chi connectivity index (χ1n) is 7.45.